The molecule has 0 spiro atoms. The molecule has 1 amide bonds. The van der Waals surface area contributed by atoms with Crippen LogP contribution < -0.4 is 14.5 Å². The van der Waals surface area contributed by atoms with E-state index in [0.29, 0.717) is 56.3 Å². The van der Waals surface area contributed by atoms with Crippen molar-refractivity contribution in [2.75, 3.05) is 42.6 Å². The SMILES string of the molecule is C=CC(=O)N1CCN(c2nc(OCC3S[C@]3(C)OC3CC3)nc3c2CCN(c2cncc4cccc(Cl)c24)C3)C[C@@H]1CC#N. The Morgan fingerprint density at radius 1 is 1.25 bits per heavy atom. The molecule has 44 heavy (non-hydrogen) atoms. The van der Waals surface area contributed by atoms with Gasteiger partial charge in [0.1, 0.15) is 17.4 Å². The molecule has 5 heterocycles. The monoisotopic (exact) mass is 631 g/mol. The largest absolute Gasteiger partial charge is 0.462 e. The van der Waals surface area contributed by atoms with Gasteiger partial charge in [-0.1, -0.05) is 30.3 Å². The molecule has 10 nitrogen and oxygen atoms in total. The number of benzene rings is 1. The van der Waals surface area contributed by atoms with Crippen molar-refractivity contribution in [3.05, 3.63) is 59.5 Å². The fraction of sp³-hybridized carbons (Fsp3) is 0.469. The fourth-order valence-corrected chi connectivity index (χ4v) is 7.50. The summed E-state index contributed by atoms with van der Waals surface area (Å²) in [6.07, 6.45) is 8.60. The molecule has 228 valence electrons. The molecule has 3 atom stereocenters. The van der Waals surface area contributed by atoms with Crippen LogP contribution in [0.25, 0.3) is 10.8 Å². The zero-order valence-corrected chi connectivity index (χ0v) is 26.2. The van der Waals surface area contributed by atoms with Gasteiger partial charge in [0.05, 0.1) is 59.0 Å². The second-order valence-electron chi connectivity index (χ2n) is 11.9. The highest BCUT2D eigenvalue weighted by molar-refractivity contribution is 8.08. The second-order valence-corrected chi connectivity index (χ2v) is 13.9. The van der Waals surface area contributed by atoms with Gasteiger partial charge in [0.15, 0.2) is 0 Å². The number of hydrogen-bond acceptors (Lipinski definition) is 10. The molecule has 3 aromatic rings. The number of nitriles is 1. The van der Waals surface area contributed by atoms with Crippen LogP contribution in [0.1, 0.15) is 37.4 Å². The lowest BCUT2D eigenvalue weighted by molar-refractivity contribution is -0.128. The van der Waals surface area contributed by atoms with Crippen LogP contribution in [0.2, 0.25) is 5.02 Å². The van der Waals surface area contributed by atoms with Crippen molar-refractivity contribution >= 4 is 51.5 Å². The number of fused-ring (bicyclic) bond motifs is 2. The number of carbonyl (C=O) groups is 1. The number of aromatic nitrogens is 3. The zero-order valence-electron chi connectivity index (χ0n) is 24.6. The molecule has 12 heteroatoms. The van der Waals surface area contributed by atoms with Gasteiger partial charge in [-0.15, -0.1) is 11.8 Å². The first-order valence-corrected chi connectivity index (χ1v) is 16.3. The third-order valence-corrected chi connectivity index (χ3v) is 10.6. The molecule has 3 fully saturated rings. The quantitative estimate of drug-likeness (QED) is 0.243. The number of anilines is 2. The minimum atomic E-state index is -0.263. The first kappa shape index (κ1) is 29.1. The fourth-order valence-electron chi connectivity index (χ4n) is 6.27. The van der Waals surface area contributed by atoms with Crippen molar-refractivity contribution in [3.8, 4) is 12.1 Å². The molecule has 1 unspecified atom stereocenters. The summed E-state index contributed by atoms with van der Waals surface area (Å²) in [5.74, 6) is 0.655. The minimum Gasteiger partial charge on any atom is -0.462 e. The zero-order chi connectivity index (χ0) is 30.4. The smallest absolute Gasteiger partial charge is 0.318 e. The Labute approximate surface area is 266 Å². The van der Waals surface area contributed by atoms with Crippen LogP contribution >= 0.6 is 23.4 Å². The normalized spacial score (nSPS) is 24.5. The van der Waals surface area contributed by atoms with Gasteiger partial charge in [-0.2, -0.15) is 15.2 Å². The number of halogens is 1. The Morgan fingerprint density at radius 2 is 2.11 bits per heavy atom. The van der Waals surface area contributed by atoms with Crippen molar-refractivity contribution in [3.63, 3.8) is 0 Å². The lowest BCUT2D eigenvalue weighted by Crippen LogP contribution is -2.55. The van der Waals surface area contributed by atoms with Crippen LogP contribution in [0.5, 0.6) is 6.01 Å². The topological polar surface area (TPSA) is 108 Å². The third kappa shape index (κ3) is 5.67. The number of hydrogen-bond donors (Lipinski definition) is 0. The lowest BCUT2D eigenvalue weighted by atomic mass is 10.0. The molecule has 1 aromatic carbocycles. The lowest BCUT2D eigenvalue weighted by Gasteiger charge is -2.42. The van der Waals surface area contributed by atoms with Gasteiger partial charge in [-0.3, -0.25) is 9.78 Å². The Kier molecular flexibility index (Phi) is 7.77. The molecule has 1 saturated carbocycles. The standard InChI is InChI=1S/C32H34ClN7O3S/c1-3-28(41)40-14-13-39(17-21(40)9-11-34)30-23-10-12-38(26-16-35-15-20-5-4-6-24(33)29(20)26)18-25(23)36-31(37-30)42-19-27-32(2,44-27)43-22-7-8-22/h3-6,15-16,21-22,27H,1,7-10,12-14,17-19H2,2H3/t21-,27?,32-/m0/s1. The van der Waals surface area contributed by atoms with Crippen LogP contribution in [0.3, 0.4) is 0 Å². The van der Waals surface area contributed by atoms with E-state index in [-0.39, 0.29) is 28.6 Å². The summed E-state index contributed by atoms with van der Waals surface area (Å²) in [7, 11) is 0. The van der Waals surface area contributed by atoms with Crippen molar-refractivity contribution in [2.24, 2.45) is 0 Å². The van der Waals surface area contributed by atoms with E-state index in [4.69, 9.17) is 31.0 Å². The summed E-state index contributed by atoms with van der Waals surface area (Å²) in [5.41, 5.74) is 2.92. The first-order chi connectivity index (χ1) is 21.4. The van der Waals surface area contributed by atoms with Gasteiger partial charge in [-0.25, -0.2) is 0 Å². The maximum absolute atomic E-state index is 12.6. The summed E-state index contributed by atoms with van der Waals surface area (Å²) >= 11 is 8.46. The molecule has 2 aromatic heterocycles. The van der Waals surface area contributed by atoms with Crippen LogP contribution in [0.15, 0.2) is 43.2 Å². The number of thioether (sulfide) groups is 1. The van der Waals surface area contributed by atoms with E-state index < -0.39 is 0 Å². The average molecular weight is 632 g/mol. The van der Waals surface area contributed by atoms with E-state index in [9.17, 15) is 10.1 Å². The molecule has 0 radical (unpaired) electrons. The summed E-state index contributed by atoms with van der Waals surface area (Å²) < 4.78 is 12.5. The number of pyridine rings is 1. The summed E-state index contributed by atoms with van der Waals surface area (Å²) in [5, 5.41) is 12.4. The molecule has 3 aliphatic heterocycles. The second kappa shape index (κ2) is 11.7. The third-order valence-electron chi connectivity index (χ3n) is 8.84. The molecular formula is C32H34ClN7O3S. The maximum Gasteiger partial charge on any atom is 0.318 e. The van der Waals surface area contributed by atoms with Gasteiger partial charge in [0.2, 0.25) is 5.91 Å². The van der Waals surface area contributed by atoms with Crippen molar-refractivity contribution in [1.82, 2.24) is 19.9 Å². The van der Waals surface area contributed by atoms with Crippen LogP contribution in [0.4, 0.5) is 11.5 Å². The number of carbonyl (C=O) groups excluding carboxylic acids is 1. The van der Waals surface area contributed by atoms with Gasteiger partial charge in [-0.05, 0) is 38.3 Å². The van der Waals surface area contributed by atoms with E-state index in [2.05, 4.69) is 34.4 Å². The Morgan fingerprint density at radius 3 is 2.91 bits per heavy atom. The highest BCUT2D eigenvalue weighted by atomic mass is 35.5. The molecule has 4 aliphatic rings. The summed E-state index contributed by atoms with van der Waals surface area (Å²) in [4.78, 5) is 32.9. The molecule has 2 saturated heterocycles. The summed E-state index contributed by atoms with van der Waals surface area (Å²) in [6, 6.07) is 8.18. The number of ether oxygens (including phenoxy) is 2. The predicted molar refractivity (Wildman–Crippen MR) is 171 cm³/mol. The first-order valence-electron chi connectivity index (χ1n) is 15.1. The number of amides is 1. The van der Waals surface area contributed by atoms with Crippen molar-refractivity contribution in [1.29, 1.82) is 5.26 Å². The molecule has 1 aliphatic carbocycles. The van der Waals surface area contributed by atoms with E-state index >= 15 is 0 Å². The van der Waals surface area contributed by atoms with E-state index in [0.717, 1.165) is 52.9 Å². The molecule has 0 N–H and O–H groups in total. The molecule has 7 rings (SSSR count). The highest BCUT2D eigenvalue weighted by Gasteiger charge is 2.56. The predicted octanol–water partition coefficient (Wildman–Crippen LogP) is 4.75. The van der Waals surface area contributed by atoms with Crippen molar-refractivity contribution in [2.45, 2.75) is 61.5 Å². The number of piperazine rings is 1. The van der Waals surface area contributed by atoms with Crippen LogP contribution in [-0.2, 0) is 22.5 Å². The molecular weight excluding hydrogens is 598 g/mol. The Hall–Kier alpha value is -3.59. The average Bonchev–Trinajstić information content (AvgIpc) is 3.97. The van der Waals surface area contributed by atoms with E-state index in [1.165, 1.54) is 6.08 Å². The van der Waals surface area contributed by atoms with Gasteiger partial charge >= 0.3 is 6.01 Å². The van der Waals surface area contributed by atoms with Crippen LogP contribution in [-0.4, -0.2) is 80.9 Å². The molecule has 0 bridgehead atoms. The van der Waals surface area contributed by atoms with Gasteiger partial charge < -0.3 is 24.2 Å². The minimum absolute atomic E-state index is 0.157. The highest BCUT2D eigenvalue weighted by Crippen LogP contribution is 2.56. The van der Waals surface area contributed by atoms with Crippen LogP contribution in [0, 0.1) is 11.3 Å². The van der Waals surface area contributed by atoms with E-state index in [1.54, 1.807) is 16.7 Å². The number of nitrogens with zero attached hydrogens (tertiary/aromatic N) is 7. The van der Waals surface area contributed by atoms with Gasteiger partial charge in [0, 0.05) is 48.7 Å². The summed E-state index contributed by atoms with van der Waals surface area (Å²) in [6.45, 7) is 9.08. The van der Waals surface area contributed by atoms with E-state index in [1.807, 2.05) is 30.6 Å². The van der Waals surface area contributed by atoms with Gasteiger partial charge in [0.25, 0.3) is 0 Å². The number of rotatable bonds is 9. The van der Waals surface area contributed by atoms with Crippen molar-refractivity contribution < 1.29 is 14.3 Å². The Bertz CT molecular complexity index is 1660. The Balaban J connectivity index is 1.19. The maximum atomic E-state index is 12.6.